The van der Waals surface area contributed by atoms with Crippen LogP contribution >= 0.6 is 11.3 Å². The fraction of sp³-hybridized carbons (Fsp3) is 0. The summed E-state index contributed by atoms with van der Waals surface area (Å²) in [6.45, 7) is 0. The van der Waals surface area contributed by atoms with E-state index in [0.717, 1.165) is 10.4 Å². The zero-order valence-corrected chi connectivity index (χ0v) is 11.4. The Morgan fingerprint density at radius 2 is 1.85 bits per heavy atom. The normalized spacial score (nSPS) is 10.2. The van der Waals surface area contributed by atoms with Gasteiger partial charge in [-0.25, -0.2) is 9.78 Å². The maximum atomic E-state index is 12.0. The Kier molecular flexibility index (Phi) is 3.56. The zero-order chi connectivity index (χ0) is 13.8. The minimum Gasteiger partial charge on any atom is -0.422 e. The molecule has 0 fully saturated rings. The van der Waals surface area contributed by atoms with Crippen molar-refractivity contribution in [2.45, 2.75) is 0 Å². The maximum Gasteiger partial charge on any atom is 0.353 e. The molecule has 0 aliphatic carbocycles. The Labute approximate surface area is 120 Å². The highest BCUT2D eigenvalue weighted by Crippen LogP contribution is 2.27. The number of hydrogen-bond donors (Lipinski definition) is 0. The molecule has 4 heteroatoms. The predicted octanol–water partition coefficient (Wildman–Crippen LogP) is 3.45. The van der Waals surface area contributed by atoms with Gasteiger partial charge in [-0.2, -0.15) is 0 Å². The first-order chi connectivity index (χ1) is 9.83. The maximum absolute atomic E-state index is 12.0. The van der Waals surface area contributed by atoms with Gasteiger partial charge in [0.2, 0.25) is 0 Å². The molecule has 1 aromatic carbocycles. The standard InChI is InChI=1S/C16H11NO2S/c18-16(19-13-6-2-1-3-7-13)15-9-8-14(20-15)12-5-4-10-17-11-12/h1-11H/p+1. The van der Waals surface area contributed by atoms with E-state index in [9.17, 15) is 4.79 Å². The molecule has 0 saturated carbocycles. The molecule has 0 aliphatic heterocycles. The van der Waals surface area contributed by atoms with Crippen LogP contribution in [0.2, 0.25) is 0 Å². The number of thiophene rings is 1. The van der Waals surface area contributed by atoms with E-state index < -0.39 is 0 Å². The van der Waals surface area contributed by atoms with Crippen LogP contribution < -0.4 is 9.72 Å². The summed E-state index contributed by atoms with van der Waals surface area (Å²) in [5.74, 6) is 0.229. The lowest BCUT2D eigenvalue weighted by atomic mass is 10.2. The van der Waals surface area contributed by atoms with Crippen molar-refractivity contribution in [1.82, 2.24) is 0 Å². The number of rotatable bonds is 3. The van der Waals surface area contributed by atoms with Crippen molar-refractivity contribution in [3.63, 3.8) is 0 Å². The van der Waals surface area contributed by atoms with Crippen LogP contribution in [0.4, 0.5) is 0 Å². The van der Waals surface area contributed by atoms with Gasteiger partial charge in [-0.15, -0.1) is 11.3 Å². The number of para-hydroxylation sites is 1. The van der Waals surface area contributed by atoms with Crippen LogP contribution in [0.3, 0.4) is 0 Å². The van der Waals surface area contributed by atoms with Crippen LogP contribution in [0.1, 0.15) is 9.67 Å². The van der Waals surface area contributed by atoms with E-state index in [1.165, 1.54) is 11.3 Å². The summed E-state index contributed by atoms with van der Waals surface area (Å²) in [5.41, 5.74) is 1.05. The van der Waals surface area contributed by atoms with Crippen molar-refractivity contribution in [3.05, 3.63) is 71.9 Å². The summed E-state index contributed by atoms with van der Waals surface area (Å²) in [7, 11) is 0. The van der Waals surface area contributed by atoms with E-state index in [2.05, 4.69) is 4.98 Å². The van der Waals surface area contributed by atoms with Gasteiger partial charge in [0.05, 0.1) is 5.56 Å². The molecular formula is C16H12NO2S+. The molecule has 0 saturated heterocycles. The molecule has 0 aliphatic rings. The first kappa shape index (κ1) is 12.6. The van der Waals surface area contributed by atoms with E-state index >= 15 is 0 Å². The third-order valence-electron chi connectivity index (χ3n) is 2.75. The van der Waals surface area contributed by atoms with Crippen molar-refractivity contribution in [3.8, 4) is 16.2 Å². The predicted molar refractivity (Wildman–Crippen MR) is 77.7 cm³/mol. The molecule has 0 amide bonds. The van der Waals surface area contributed by atoms with Crippen LogP contribution in [0.5, 0.6) is 5.75 Å². The lowest BCUT2D eigenvalue weighted by Gasteiger charge is -2.01. The second-order valence-corrected chi connectivity index (χ2v) is 5.24. The van der Waals surface area contributed by atoms with Crippen molar-refractivity contribution in [2.75, 3.05) is 0 Å². The number of nitrogens with one attached hydrogen (secondary N) is 1. The van der Waals surface area contributed by atoms with Gasteiger partial charge in [0.1, 0.15) is 10.6 Å². The second-order valence-electron chi connectivity index (χ2n) is 4.16. The Balaban J connectivity index is 1.79. The second kappa shape index (κ2) is 5.67. The van der Waals surface area contributed by atoms with Gasteiger partial charge in [-0.3, -0.25) is 0 Å². The number of esters is 1. The van der Waals surface area contributed by atoms with E-state index in [4.69, 9.17) is 4.74 Å². The van der Waals surface area contributed by atoms with Gasteiger partial charge >= 0.3 is 5.97 Å². The molecule has 98 valence electrons. The summed E-state index contributed by atoms with van der Waals surface area (Å²) >= 11 is 1.42. The minimum atomic E-state index is -0.327. The molecule has 0 unspecified atom stereocenters. The van der Waals surface area contributed by atoms with Crippen molar-refractivity contribution in [1.29, 1.82) is 0 Å². The summed E-state index contributed by atoms with van der Waals surface area (Å²) in [6, 6.07) is 16.7. The number of aromatic nitrogens is 1. The number of pyridine rings is 1. The van der Waals surface area contributed by atoms with E-state index in [1.807, 2.05) is 48.8 Å². The number of hydrogen-bond acceptors (Lipinski definition) is 3. The number of ether oxygens (including phenoxy) is 1. The lowest BCUT2D eigenvalue weighted by Crippen LogP contribution is -2.05. The van der Waals surface area contributed by atoms with Gasteiger partial charge in [0.15, 0.2) is 12.4 Å². The topological polar surface area (TPSA) is 40.4 Å². The molecular weight excluding hydrogens is 270 g/mol. The highest BCUT2D eigenvalue weighted by atomic mass is 32.1. The average molecular weight is 282 g/mol. The molecule has 0 radical (unpaired) electrons. The van der Waals surface area contributed by atoms with E-state index in [-0.39, 0.29) is 5.97 Å². The molecule has 1 N–H and O–H groups in total. The third kappa shape index (κ3) is 2.75. The largest absolute Gasteiger partial charge is 0.422 e. The van der Waals surface area contributed by atoms with E-state index in [0.29, 0.717) is 10.6 Å². The summed E-state index contributed by atoms with van der Waals surface area (Å²) in [4.78, 5) is 16.7. The minimum absolute atomic E-state index is 0.327. The number of benzene rings is 1. The van der Waals surface area contributed by atoms with Crippen LogP contribution in [0, 0.1) is 0 Å². The first-order valence-electron chi connectivity index (χ1n) is 6.16. The molecule has 2 aromatic heterocycles. The van der Waals surface area contributed by atoms with Gasteiger partial charge in [-0.1, -0.05) is 18.2 Å². The average Bonchev–Trinajstić information content (AvgIpc) is 2.99. The smallest absolute Gasteiger partial charge is 0.353 e. The third-order valence-corrected chi connectivity index (χ3v) is 3.87. The Hall–Kier alpha value is -2.46. The molecule has 3 nitrogen and oxygen atoms in total. The molecule has 0 spiro atoms. The number of aromatic amines is 1. The highest BCUT2D eigenvalue weighted by molar-refractivity contribution is 7.17. The number of H-pyrrole nitrogens is 1. The number of carbonyl (C=O) groups excluding carboxylic acids is 1. The Bertz CT molecular complexity index is 708. The fourth-order valence-corrected chi connectivity index (χ4v) is 2.67. The van der Waals surface area contributed by atoms with E-state index in [1.54, 1.807) is 18.2 Å². The van der Waals surface area contributed by atoms with Crippen molar-refractivity contribution >= 4 is 17.3 Å². The fourth-order valence-electron chi connectivity index (χ4n) is 1.80. The molecule has 0 bridgehead atoms. The van der Waals surface area contributed by atoms with Crippen molar-refractivity contribution < 1.29 is 14.5 Å². The summed E-state index contributed by atoms with van der Waals surface area (Å²) in [5, 5.41) is 0. The van der Waals surface area contributed by atoms with Gasteiger partial charge in [0.25, 0.3) is 0 Å². The Morgan fingerprint density at radius 3 is 2.60 bits per heavy atom. The van der Waals surface area contributed by atoms with Crippen LogP contribution in [0.15, 0.2) is 67.0 Å². The van der Waals surface area contributed by atoms with Crippen LogP contribution in [-0.2, 0) is 0 Å². The molecule has 3 rings (SSSR count). The summed E-state index contributed by atoms with van der Waals surface area (Å²) in [6.07, 6.45) is 3.75. The quantitative estimate of drug-likeness (QED) is 0.545. The van der Waals surface area contributed by atoms with Gasteiger partial charge in [-0.05, 0) is 30.3 Å². The first-order valence-corrected chi connectivity index (χ1v) is 6.98. The lowest BCUT2D eigenvalue weighted by molar-refractivity contribution is -0.377. The molecule has 20 heavy (non-hydrogen) atoms. The monoisotopic (exact) mass is 282 g/mol. The molecule has 0 atom stereocenters. The van der Waals surface area contributed by atoms with Crippen molar-refractivity contribution in [2.24, 2.45) is 0 Å². The van der Waals surface area contributed by atoms with Gasteiger partial charge < -0.3 is 4.74 Å². The van der Waals surface area contributed by atoms with Gasteiger partial charge in [0, 0.05) is 10.9 Å². The van der Waals surface area contributed by atoms with Crippen LogP contribution in [0.25, 0.3) is 10.4 Å². The zero-order valence-electron chi connectivity index (χ0n) is 10.6. The highest BCUT2D eigenvalue weighted by Gasteiger charge is 2.13. The Morgan fingerprint density at radius 1 is 1.00 bits per heavy atom. The molecule has 2 heterocycles. The molecule has 3 aromatic rings. The number of carbonyl (C=O) groups is 1. The summed E-state index contributed by atoms with van der Waals surface area (Å²) < 4.78 is 5.31. The van der Waals surface area contributed by atoms with Crippen LogP contribution in [-0.4, -0.2) is 5.97 Å². The SMILES string of the molecule is O=C(Oc1ccccc1)c1ccc(-c2ccc[nH+]c2)s1.